The number of hydrogen-bond donors (Lipinski definition) is 0. The first-order valence-electron chi connectivity index (χ1n) is 9.74. The molecule has 1 aromatic heterocycles. The zero-order chi connectivity index (χ0) is 20.8. The van der Waals surface area contributed by atoms with Crippen LogP contribution in [-0.2, 0) is 11.3 Å². The third kappa shape index (κ3) is 3.50. The van der Waals surface area contributed by atoms with E-state index in [0.29, 0.717) is 12.1 Å². The normalized spacial score (nSPS) is 23.2. The molecule has 3 heterocycles. The van der Waals surface area contributed by atoms with Crippen LogP contribution >= 0.6 is 27.7 Å². The van der Waals surface area contributed by atoms with E-state index in [2.05, 4.69) is 52.1 Å². The number of fused-ring (bicyclic) bond motifs is 2. The summed E-state index contributed by atoms with van der Waals surface area (Å²) in [6, 6.07) is 15.4. The van der Waals surface area contributed by atoms with Gasteiger partial charge in [0, 0.05) is 27.6 Å². The molecule has 1 saturated heterocycles. The van der Waals surface area contributed by atoms with Crippen LogP contribution in [0.4, 0.5) is 0 Å². The molecule has 2 aromatic carbocycles. The number of aliphatic imine (C=N–C) groups is 1. The van der Waals surface area contributed by atoms with Crippen molar-refractivity contribution in [3.63, 3.8) is 0 Å². The summed E-state index contributed by atoms with van der Waals surface area (Å²) in [5.74, 6) is 0.884. The highest BCUT2D eigenvalue weighted by molar-refractivity contribution is 9.10. The van der Waals surface area contributed by atoms with Crippen LogP contribution < -0.4 is 5.63 Å². The number of carbonyl (C=O) groups excluding carboxylic acids is 1. The molecule has 0 spiro atoms. The second-order valence-electron chi connectivity index (χ2n) is 7.73. The van der Waals surface area contributed by atoms with Gasteiger partial charge in [-0.1, -0.05) is 45.8 Å². The molecule has 0 radical (unpaired) electrons. The fourth-order valence-electron chi connectivity index (χ4n) is 4.19. The number of benzene rings is 2. The summed E-state index contributed by atoms with van der Waals surface area (Å²) in [6.07, 6.45) is 1.63. The molecule has 7 heteroatoms. The van der Waals surface area contributed by atoms with Crippen molar-refractivity contribution in [2.75, 3.05) is 5.75 Å². The summed E-state index contributed by atoms with van der Waals surface area (Å²) in [5.41, 5.74) is 3.21. The largest absolute Gasteiger partial charge is 0.423 e. The highest BCUT2D eigenvalue weighted by Crippen LogP contribution is 2.46. The lowest BCUT2D eigenvalue weighted by atomic mass is 9.85. The van der Waals surface area contributed by atoms with E-state index in [1.165, 1.54) is 17.2 Å². The predicted molar refractivity (Wildman–Crippen MR) is 123 cm³/mol. The SMILES string of the molecule is Cc1ccc(C2CSC3N=CN(Cc4cc(=O)oc5cc(Br)ccc45)C(=O)C32)cc1. The van der Waals surface area contributed by atoms with Crippen LogP contribution in [0.1, 0.15) is 22.6 Å². The summed E-state index contributed by atoms with van der Waals surface area (Å²) in [7, 11) is 0. The Morgan fingerprint density at radius 2 is 1.97 bits per heavy atom. The Balaban J connectivity index is 1.47. The summed E-state index contributed by atoms with van der Waals surface area (Å²) in [5, 5.41) is 0.769. The minimum atomic E-state index is -0.427. The first-order valence-corrected chi connectivity index (χ1v) is 11.6. The average Bonchev–Trinajstić information content (AvgIpc) is 3.15. The molecule has 3 unspecified atom stereocenters. The van der Waals surface area contributed by atoms with E-state index in [1.807, 2.05) is 12.1 Å². The van der Waals surface area contributed by atoms with E-state index in [4.69, 9.17) is 4.42 Å². The Kier molecular flexibility index (Phi) is 5.03. The van der Waals surface area contributed by atoms with Gasteiger partial charge in [-0.3, -0.25) is 14.7 Å². The third-order valence-corrected chi connectivity index (χ3v) is 7.55. The summed E-state index contributed by atoms with van der Waals surface area (Å²) >= 11 is 5.14. The Morgan fingerprint density at radius 1 is 1.17 bits per heavy atom. The predicted octanol–water partition coefficient (Wildman–Crippen LogP) is 4.71. The lowest BCUT2D eigenvalue weighted by Crippen LogP contribution is -2.43. The number of rotatable bonds is 3. The van der Waals surface area contributed by atoms with E-state index < -0.39 is 5.63 Å². The van der Waals surface area contributed by atoms with Gasteiger partial charge in [-0.05, 0) is 36.2 Å². The van der Waals surface area contributed by atoms with Crippen LogP contribution in [0.2, 0.25) is 0 Å². The number of hydrogen-bond acceptors (Lipinski definition) is 5. The first kappa shape index (κ1) is 19.6. The van der Waals surface area contributed by atoms with Gasteiger partial charge in [-0.15, -0.1) is 11.8 Å². The minimum absolute atomic E-state index is 0.0476. The molecule has 2 aliphatic heterocycles. The highest BCUT2D eigenvalue weighted by Gasteiger charge is 2.46. The smallest absolute Gasteiger partial charge is 0.336 e. The zero-order valence-corrected chi connectivity index (χ0v) is 18.7. The maximum absolute atomic E-state index is 13.4. The number of halogens is 1. The molecular weight excluding hydrogens is 464 g/mol. The molecule has 0 N–H and O–H groups in total. The average molecular weight is 483 g/mol. The standard InChI is InChI=1S/C23H19BrN2O3S/c1-13-2-4-14(5-3-13)18-11-30-22-21(18)23(28)26(12-25-22)10-15-8-20(27)29-19-9-16(24)6-7-17(15)19/h2-9,12,18,21-22H,10-11H2,1H3. The number of aryl methyl sites for hydroxylation is 1. The minimum Gasteiger partial charge on any atom is -0.423 e. The van der Waals surface area contributed by atoms with Crippen molar-refractivity contribution in [3.8, 4) is 0 Å². The van der Waals surface area contributed by atoms with Gasteiger partial charge in [0.15, 0.2) is 0 Å². The molecule has 30 heavy (non-hydrogen) atoms. The molecule has 152 valence electrons. The fourth-order valence-corrected chi connectivity index (χ4v) is 5.99. The highest BCUT2D eigenvalue weighted by atomic mass is 79.9. The van der Waals surface area contributed by atoms with Gasteiger partial charge < -0.3 is 4.42 Å². The van der Waals surface area contributed by atoms with Crippen LogP contribution in [0.15, 0.2) is 67.2 Å². The van der Waals surface area contributed by atoms with Crippen molar-refractivity contribution in [1.82, 2.24) is 4.90 Å². The van der Waals surface area contributed by atoms with Gasteiger partial charge in [-0.2, -0.15) is 0 Å². The first-order chi connectivity index (χ1) is 14.5. The van der Waals surface area contributed by atoms with E-state index in [1.54, 1.807) is 29.1 Å². The molecule has 0 bridgehead atoms. The maximum Gasteiger partial charge on any atom is 0.336 e. The van der Waals surface area contributed by atoms with E-state index >= 15 is 0 Å². The lowest BCUT2D eigenvalue weighted by Gasteiger charge is -2.31. The maximum atomic E-state index is 13.4. The fraction of sp³-hybridized carbons (Fsp3) is 0.261. The zero-order valence-electron chi connectivity index (χ0n) is 16.2. The van der Waals surface area contributed by atoms with Gasteiger partial charge in [-0.25, -0.2) is 4.79 Å². The Bertz CT molecular complexity index is 1220. The van der Waals surface area contributed by atoms with Crippen LogP contribution in [0.3, 0.4) is 0 Å². The van der Waals surface area contributed by atoms with Gasteiger partial charge in [0.2, 0.25) is 5.91 Å². The molecule has 5 rings (SSSR count). The van der Waals surface area contributed by atoms with Crippen molar-refractivity contribution >= 4 is 50.9 Å². The van der Waals surface area contributed by atoms with Crippen LogP contribution in [0.5, 0.6) is 0 Å². The number of amides is 1. The number of nitrogens with zero attached hydrogens (tertiary/aromatic N) is 2. The molecule has 5 nitrogen and oxygen atoms in total. The van der Waals surface area contributed by atoms with Crippen molar-refractivity contribution in [1.29, 1.82) is 0 Å². The Labute approximate surface area is 186 Å². The molecular formula is C23H19BrN2O3S. The van der Waals surface area contributed by atoms with Gasteiger partial charge in [0.25, 0.3) is 0 Å². The second kappa shape index (κ2) is 7.71. The van der Waals surface area contributed by atoms with Crippen molar-refractivity contribution < 1.29 is 9.21 Å². The van der Waals surface area contributed by atoms with E-state index in [-0.39, 0.29) is 23.1 Å². The molecule has 1 fully saturated rings. The molecule has 0 saturated carbocycles. The molecule has 0 aliphatic carbocycles. The van der Waals surface area contributed by atoms with Crippen molar-refractivity contribution in [2.45, 2.75) is 24.8 Å². The Hall–Kier alpha value is -2.38. The number of thioether (sulfide) groups is 1. The summed E-state index contributed by atoms with van der Waals surface area (Å²) in [6.45, 7) is 2.35. The van der Waals surface area contributed by atoms with Gasteiger partial charge in [0.05, 0.1) is 18.8 Å². The summed E-state index contributed by atoms with van der Waals surface area (Å²) in [4.78, 5) is 31.8. The molecule has 2 aliphatic rings. The van der Waals surface area contributed by atoms with E-state index in [0.717, 1.165) is 21.2 Å². The van der Waals surface area contributed by atoms with Crippen LogP contribution in [-0.4, -0.2) is 28.3 Å². The Morgan fingerprint density at radius 3 is 2.77 bits per heavy atom. The quantitative estimate of drug-likeness (QED) is 0.507. The second-order valence-corrected chi connectivity index (χ2v) is 9.79. The monoisotopic (exact) mass is 482 g/mol. The van der Waals surface area contributed by atoms with Crippen LogP contribution in [0, 0.1) is 12.8 Å². The lowest BCUT2D eigenvalue weighted by molar-refractivity contribution is -0.132. The molecule has 3 aromatic rings. The van der Waals surface area contributed by atoms with E-state index in [9.17, 15) is 9.59 Å². The van der Waals surface area contributed by atoms with Crippen molar-refractivity contribution in [2.24, 2.45) is 10.9 Å². The van der Waals surface area contributed by atoms with Gasteiger partial charge in [0.1, 0.15) is 11.0 Å². The van der Waals surface area contributed by atoms with Crippen LogP contribution in [0.25, 0.3) is 11.0 Å². The van der Waals surface area contributed by atoms with Crippen molar-refractivity contribution in [3.05, 3.63) is 80.1 Å². The molecule has 3 atom stereocenters. The topological polar surface area (TPSA) is 62.9 Å². The van der Waals surface area contributed by atoms with Gasteiger partial charge >= 0.3 is 5.63 Å². The third-order valence-electron chi connectivity index (χ3n) is 5.75. The number of carbonyl (C=O) groups is 1. The molecule has 1 amide bonds. The summed E-state index contributed by atoms with van der Waals surface area (Å²) < 4.78 is 6.16.